The van der Waals surface area contributed by atoms with E-state index in [1.165, 1.54) is 4.68 Å². The molecule has 0 aliphatic rings. The van der Waals surface area contributed by atoms with Gasteiger partial charge in [0, 0.05) is 26.8 Å². The van der Waals surface area contributed by atoms with Crippen LogP contribution in [0.25, 0.3) is 0 Å². The lowest BCUT2D eigenvalue weighted by atomic mass is 10.1. The number of hydrogen-bond acceptors (Lipinski definition) is 4. The molecule has 0 spiro atoms. The van der Waals surface area contributed by atoms with Crippen molar-refractivity contribution in [3.8, 4) is 0 Å². The van der Waals surface area contributed by atoms with Gasteiger partial charge in [0.2, 0.25) is 5.91 Å². The third kappa shape index (κ3) is 4.93. The Bertz CT molecular complexity index is 667. The summed E-state index contributed by atoms with van der Waals surface area (Å²) in [7, 11) is 3.23. The summed E-state index contributed by atoms with van der Waals surface area (Å²) in [6.07, 6.45) is 0.265. The van der Waals surface area contributed by atoms with Gasteiger partial charge in [-0.15, -0.1) is 0 Å². The number of hydrogen-bond donors (Lipinski definition) is 2. The Balaban J connectivity index is 1.95. The van der Waals surface area contributed by atoms with Crippen LogP contribution in [0.15, 0.2) is 36.4 Å². The normalized spacial score (nSPS) is 10.3. The first kappa shape index (κ1) is 16.7. The molecule has 23 heavy (non-hydrogen) atoms. The molecule has 2 amide bonds. The van der Waals surface area contributed by atoms with Gasteiger partial charge in [0.25, 0.3) is 5.91 Å². The van der Waals surface area contributed by atoms with E-state index in [0.717, 1.165) is 5.56 Å². The van der Waals surface area contributed by atoms with Gasteiger partial charge in [-0.2, -0.15) is 5.10 Å². The Hall–Kier alpha value is -2.67. The average Bonchev–Trinajstić information content (AvgIpc) is 2.89. The lowest BCUT2D eigenvalue weighted by molar-refractivity contribution is -0.115. The standard InChI is InChI=1S/C16H20N4O3/c1-20-14(11-13(19-20)16(22)17-8-9-23-2)18-15(21)10-12-6-4-3-5-7-12/h3-7,11H,8-10H2,1-2H3,(H,17,22)(H,18,21). The predicted octanol–water partition coefficient (Wildman–Crippen LogP) is 0.977. The fourth-order valence-electron chi connectivity index (χ4n) is 2.02. The predicted molar refractivity (Wildman–Crippen MR) is 86.2 cm³/mol. The Morgan fingerprint density at radius 2 is 2.00 bits per heavy atom. The number of amides is 2. The minimum Gasteiger partial charge on any atom is -0.383 e. The van der Waals surface area contributed by atoms with Crippen molar-refractivity contribution in [3.63, 3.8) is 0 Å². The minimum atomic E-state index is -0.304. The van der Waals surface area contributed by atoms with E-state index in [1.54, 1.807) is 20.2 Å². The molecule has 0 saturated carbocycles. The molecule has 2 rings (SSSR count). The molecule has 0 radical (unpaired) electrons. The van der Waals surface area contributed by atoms with Crippen LogP contribution in [0.4, 0.5) is 5.82 Å². The number of nitrogens with one attached hydrogen (secondary N) is 2. The molecule has 0 aliphatic heterocycles. The number of carbonyl (C=O) groups excluding carboxylic acids is 2. The molecule has 0 unspecified atom stereocenters. The van der Waals surface area contributed by atoms with Crippen molar-refractivity contribution in [3.05, 3.63) is 47.7 Å². The zero-order valence-corrected chi connectivity index (χ0v) is 13.2. The molecule has 0 fully saturated rings. The number of ether oxygens (including phenoxy) is 1. The van der Waals surface area contributed by atoms with Crippen LogP contribution in [0, 0.1) is 0 Å². The lowest BCUT2D eigenvalue weighted by Crippen LogP contribution is -2.27. The van der Waals surface area contributed by atoms with E-state index in [4.69, 9.17) is 4.74 Å². The molecule has 0 aliphatic carbocycles. The number of aromatic nitrogens is 2. The molecule has 0 bridgehead atoms. The summed E-state index contributed by atoms with van der Waals surface area (Å²) in [4.78, 5) is 24.0. The van der Waals surface area contributed by atoms with Crippen LogP contribution in [0.5, 0.6) is 0 Å². The van der Waals surface area contributed by atoms with Crippen molar-refractivity contribution < 1.29 is 14.3 Å². The van der Waals surface area contributed by atoms with Crippen LogP contribution in [0.1, 0.15) is 16.1 Å². The van der Waals surface area contributed by atoms with Crippen molar-refractivity contribution in [1.82, 2.24) is 15.1 Å². The van der Waals surface area contributed by atoms with E-state index in [-0.39, 0.29) is 23.9 Å². The first-order valence-electron chi connectivity index (χ1n) is 7.25. The molecular formula is C16H20N4O3. The van der Waals surface area contributed by atoms with Crippen LogP contribution >= 0.6 is 0 Å². The van der Waals surface area contributed by atoms with Crippen LogP contribution in [-0.2, 0) is 23.0 Å². The molecule has 2 N–H and O–H groups in total. The maximum atomic E-state index is 12.1. The zero-order valence-electron chi connectivity index (χ0n) is 13.2. The lowest BCUT2D eigenvalue weighted by Gasteiger charge is -2.04. The topological polar surface area (TPSA) is 85.3 Å². The van der Waals surface area contributed by atoms with Gasteiger partial charge in [-0.05, 0) is 5.56 Å². The second-order valence-electron chi connectivity index (χ2n) is 5.00. The summed E-state index contributed by atoms with van der Waals surface area (Å²) in [5.41, 5.74) is 1.17. The summed E-state index contributed by atoms with van der Waals surface area (Å²) < 4.78 is 6.34. The van der Waals surface area contributed by atoms with E-state index in [9.17, 15) is 9.59 Å². The Morgan fingerprint density at radius 1 is 1.26 bits per heavy atom. The van der Waals surface area contributed by atoms with Gasteiger partial charge in [0.1, 0.15) is 5.82 Å². The van der Waals surface area contributed by atoms with E-state index in [1.807, 2.05) is 30.3 Å². The van der Waals surface area contributed by atoms with E-state index >= 15 is 0 Å². The molecule has 0 saturated heterocycles. The monoisotopic (exact) mass is 316 g/mol. The van der Waals surface area contributed by atoms with Crippen molar-refractivity contribution in [2.75, 3.05) is 25.6 Å². The molecule has 122 valence electrons. The average molecular weight is 316 g/mol. The first-order valence-corrected chi connectivity index (χ1v) is 7.25. The van der Waals surface area contributed by atoms with Crippen LogP contribution < -0.4 is 10.6 Å². The van der Waals surface area contributed by atoms with E-state index in [2.05, 4.69) is 15.7 Å². The molecule has 1 aromatic heterocycles. The van der Waals surface area contributed by atoms with Gasteiger partial charge in [-0.3, -0.25) is 14.3 Å². The number of methoxy groups -OCH3 is 1. The van der Waals surface area contributed by atoms with Crippen molar-refractivity contribution >= 4 is 17.6 Å². The van der Waals surface area contributed by atoms with Crippen LogP contribution in [0.3, 0.4) is 0 Å². The highest BCUT2D eigenvalue weighted by Crippen LogP contribution is 2.10. The Kier molecular flexibility index (Phi) is 5.87. The molecule has 1 heterocycles. The molecule has 1 aromatic carbocycles. The van der Waals surface area contributed by atoms with Crippen molar-refractivity contribution in [2.24, 2.45) is 7.05 Å². The fraction of sp³-hybridized carbons (Fsp3) is 0.312. The molecule has 7 nitrogen and oxygen atoms in total. The zero-order chi connectivity index (χ0) is 16.7. The number of nitrogens with zero attached hydrogens (tertiary/aromatic N) is 2. The number of benzene rings is 1. The molecular weight excluding hydrogens is 296 g/mol. The van der Waals surface area contributed by atoms with E-state index < -0.39 is 0 Å². The van der Waals surface area contributed by atoms with Crippen LogP contribution in [0.2, 0.25) is 0 Å². The minimum absolute atomic E-state index is 0.162. The summed E-state index contributed by atoms with van der Waals surface area (Å²) in [6.45, 7) is 0.834. The van der Waals surface area contributed by atoms with Crippen LogP contribution in [-0.4, -0.2) is 41.9 Å². The Morgan fingerprint density at radius 3 is 2.70 bits per heavy atom. The first-order chi connectivity index (χ1) is 11.1. The highest BCUT2D eigenvalue weighted by molar-refractivity contribution is 5.95. The molecule has 2 aromatic rings. The van der Waals surface area contributed by atoms with Gasteiger partial charge < -0.3 is 15.4 Å². The fourth-order valence-corrected chi connectivity index (χ4v) is 2.02. The number of aryl methyl sites for hydroxylation is 1. The van der Waals surface area contributed by atoms with Crippen molar-refractivity contribution in [2.45, 2.75) is 6.42 Å². The van der Waals surface area contributed by atoms with E-state index in [0.29, 0.717) is 19.0 Å². The summed E-state index contributed by atoms with van der Waals surface area (Å²) in [5, 5.41) is 9.54. The van der Waals surface area contributed by atoms with Gasteiger partial charge in [-0.25, -0.2) is 0 Å². The third-order valence-electron chi connectivity index (χ3n) is 3.18. The largest absolute Gasteiger partial charge is 0.383 e. The maximum Gasteiger partial charge on any atom is 0.271 e. The highest BCUT2D eigenvalue weighted by Gasteiger charge is 2.14. The van der Waals surface area contributed by atoms with Gasteiger partial charge in [0.15, 0.2) is 5.69 Å². The second kappa shape index (κ2) is 8.09. The summed E-state index contributed by atoms with van der Waals surface area (Å²) in [6, 6.07) is 11.0. The van der Waals surface area contributed by atoms with Crippen molar-refractivity contribution in [1.29, 1.82) is 0 Å². The smallest absolute Gasteiger partial charge is 0.271 e. The van der Waals surface area contributed by atoms with Gasteiger partial charge in [0.05, 0.1) is 13.0 Å². The SMILES string of the molecule is COCCNC(=O)c1cc(NC(=O)Cc2ccccc2)n(C)n1. The summed E-state index contributed by atoms with van der Waals surface area (Å²) in [5.74, 6) is 0.00886. The quantitative estimate of drug-likeness (QED) is 0.746. The number of anilines is 1. The highest BCUT2D eigenvalue weighted by atomic mass is 16.5. The Labute approximate surface area is 134 Å². The van der Waals surface area contributed by atoms with Gasteiger partial charge >= 0.3 is 0 Å². The second-order valence-corrected chi connectivity index (χ2v) is 5.00. The maximum absolute atomic E-state index is 12.1. The number of rotatable bonds is 7. The molecule has 7 heteroatoms. The third-order valence-corrected chi connectivity index (χ3v) is 3.18. The summed E-state index contributed by atoms with van der Waals surface area (Å²) >= 11 is 0. The van der Waals surface area contributed by atoms with Gasteiger partial charge in [-0.1, -0.05) is 30.3 Å². The molecule has 0 atom stereocenters. The number of carbonyl (C=O) groups is 2.